The third kappa shape index (κ3) is 9.12. The molecule has 0 aliphatic heterocycles. The van der Waals surface area contributed by atoms with Gasteiger partial charge in [0.15, 0.2) is 0 Å². The smallest absolute Gasteiger partial charge is 0.209 e. The summed E-state index contributed by atoms with van der Waals surface area (Å²) in [5, 5.41) is 0. The van der Waals surface area contributed by atoms with Crippen molar-refractivity contribution in [3.8, 4) is 11.8 Å². The highest BCUT2D eigenvalue weighted by Crippen LogP contribution is 1.97. The van der Waals surface area contributed by atoms with Gasteiger partial charge in [0.1, 0.15) is 0 Å². The van der Waals surface area contributed by atoms with E-state index in [0.29, 0.717) is 0 Å². The Hall–Kier alpha value is -0.970. The highest BCUT2D eigenvalue weighted by atomic mass is 16.1. The van der Waals surface area contributed by atoms with Gasteiger partial charge in [0.05, 0.1) is 0 Å². The quantitative estimate of drug-likeness (QED) is 0.346. The third-order valence-corrected chi connectivity index (χ3v) is 1.92. The molecule has 0 atom stereocenters. The molecule has 0 aromatic rings. The number of hydrogen-bond acceptors (Lipinski definition) is 1. The van der Waals surface area contributed by atoms with E-state index in [1.165, 1.54) is 6.42 Å². The molecule has 14 heavy (non-hydrogen) atoms. The summed E-state index contributed by atoms with van der Waals surface area (Å²) >= 11 is 0. The van der Waals surface area contributed by atoms with Crippen LogP contribution in [-0.2, 0) is 4.79 Å². The van der Waals surface area contributed by atoms with Gasteiger partial charge in [-0.1, -0.05) is 19.8 Å². The van der Waals surface area contributed by atoms with Gasteiger partial charge in [-0.2, -0.15) is 0 Å². The summed E-state index contributed by atoms with van der Waals surface area (Å²) in [5.74, 6) is 6.24. The number of carbonyl (C=O) groups is 1. The van der Waals surface area contributed by atoms with Crippen LogP contribution in [0.25, 0.3) is 0 Å². The van der Waals surface area contributed by atoms with Gasteiger partial charge in [-0.15, -0.1) is 11.8 Å². The Morgan fingerprint density at radius 1 is 1.21 bits per heavy atom. The normalized spacial score (nSPS) is 9.00. The largest absolute Gasteiger partial charge is 0.348 e. The molecule has 0 aliphatic rings. The van der Waals surface area contributed by atoms with Gasteiger partial charge in [-0.05, 0) is 12.8 Å². The number of unbranched alkanes of at least 4 members (excludes halogenated alkanes) is 4. The van der Waals surface area contributed by atoms with Crippen molar-refractivity contribution in [1.29, 1.82) is 0 Å². The fourth-order valence-corrected chi connectivity index (χ4v) is 1.04. The van der Waals surface area contributed by atoms with Crippen LogP contribution in [0.1, 0.15) is 38.5 Å². The van der Waals surface area contributed by atoms with Crippen LogP contribution in [0.3, 0.4) is 0 Å². The monoisotopic (exact) mass is 194 g/mol. The Balaban J connectivity index is 3.21. The van der Waals surface area contributed by atoms with Crippen LogP contribution in [0, 0.1) is 18.8 Å². The first-order valence-electron chi connectivity index (χ1n) is 5.21. The number of hydrogen-bond donors (Lipinski definition) is 0. The van der Waals surface area contributed by atoms with Crippen molar-refractivity contribution < 1.29 is 4.79 Å². The minimum Gasteiger partial charge on any atom is -0.348 e. The minimum absolute atomic E-state index is 0.803. The molecule has 0 aliphatic carbocycles. The van der Waals surface area contributed by atoms with Gasteiger partial charge in [0.25, 0.3) is 0 Å². The lowest BCUT2D eigenvalue weighted by molar-refractivity contribution is -0.117. The molecule has 1 amide bonds. The third-order valence-electron chi connectivity index (χ3n) is 1.92. The van der Waals surface area contributed by atoms with Crippen molar-refractivity contribution in [2.24, 2.45) is 0 Å². The van der Waals surface area contributed by atoms with E-state index in [4.69, 9.17) is 0 Å². The molecule has 2 nitrogen and oxygen atoms in total. The van der Waals surface area contributed by atoms with Gasteiger partial charge >= 0.3 is 0 Å². The first-order chi connectivity index (χ1) is 6.81. The van der Waals surface area contributed by atoms with E-state index in [1.54, 1.807) is 11.9 Å². The molecule has 0 saturated carbocycles. The van der Waals surface area contributed by atoms with E-state index in [-0.39, 0.29) is 0 Å². The van der Waals surface area contributed by atoms with E-state index in [2.05, 4.69) is 18.8 Å². The molecule has 0 bridgehead atoms. The van der Waals surface area contributed by atoms with E-state index in [9.17, 15) is 4.79 Å². The van der Waals surface area contributed by atoms with E-state index in [1.807, 2.05) is 0 Å². The Bertz CT molecular complexity index is 190. The van der Waals surface area contributed by atoms with Crippen molar-refractivity contribution in [2.45, 2.75) is 38.5 Å². The van der Waals surface area contributed by atoms with Crippen molar-refractivity contribution in [3.63, 3.8) is 0 Å². The molecule has 0 heterocycles. The van der Waals surface area contributed by atoms with Crippen LogP contribution >= 0.6 is 0 Å². The zero-order chi connectivity index (χ0) is 10.6. The summed E-state index contributed by atoms with van der Waals surface area (Å²) in [6.45, 7) is 4.58. The summed E-state index contributed by atoms with van der Waals surface area (Å²) in [4.78, 5) is 11.9. The first kappa shape index (κ1) is 13.0. The van der Waals surface area contributed by atoms with Crippen molar-refractivity contribution in [2.75, 3.05) is 13.6 Å². The number of amides is 1. The van der Waals surface area contributed by atoms with Gasteiger partial charge in [0, 0.05) is 26.4 Å². The molecule has 1 radical (unpaired) electrons. The molecule has 0 N–H and O–H groups in total. The topological polar surface area (TPSA) is 20.3 Å². The average molecular weight is 194 g/mol. The van der Waals surface area contributed by atoms with Crippen molar-refractivity contribution in [1.82, 2.24) is 4.90 Å². The SMILES string of the molecule is [CH2]CCCCC#CCCCN(C)C=O. The van der Waals surface area contributed by atoms with E-state index >= 15 is 0 Å². The van der Waals surface area contributed by atoms with Crippen LogP contribution in [0.2, 0.25) is 0 Å². The van der Waals surface area contributed by atoms with Crippen LogP contribution in [0.5, 0.6) is 0 Å². The molecule has 0 rings (SSSR count). The second-order valence-corrected chi connectivity index (χ2v) is 3.35. The lowest BCUT2D eigenvalue weighted by atomic mass is 10.2. The van der Waals surface area contributed by atoms with Crippen molar-refractivity contribution in [3.05, 3.63) is 6.92 Å². The summed E-state index contributed by atoms with van der Waals surface area (Å²) in [5.41, 5.74) is 0. The maximum absolute atomic E-state index is 10.2. The summed E-state index contributed by atoms with van der Waals surface area (Å²) in [7, 11) is 1.79. The number of rotatable bonds is 7. The van der Waals surface area contributed by atoms with E-state index < -0.39 is 0 Å². The molecule has 0 aromatic carbocycles. The highest BCUT2D eigenvalue weighted by Gasteiger charge is 1.90. The van der Waals surface area contributed by atoms with Crippen molar-refractivity contribution >= 4 is 6.41 Å². The lowest BCUT2D eigenvalue weighted by Gasteiger charge is -2.07. The van der Waals surface area contributed by atoms with Gasteiger partial charge in [0.2, 0.25) is 6.41 Å². The van der Waals surface area contributed by atoms with Gasteiger partial charge < -0.3 is 4.90 Å². The maximum atomic E-state index is 10.2. The van der Waals surface area contributed by atoms with Crippen LogP contribution in [-0.4, -0.2) is 24.9 Å². The summed E-state index contributed by atoms with van der Waals surface area (Å²) < 4.78 is 0. The molecular formula is C12H20NO. The maximum Gasteiger partial charge on any atom is 0.209 e. The molecular weight excluding hydrogens is 174 g/mol. The molecule has 0 unspecified atom stereocenters. The van der Waals surface area contributed by atoms with Gasteiger partial charge in [-0.25, -0.2) is 0 Å². The zero-order valence-electron chi connectivity index (χ0n) is 9.09. The number of carbonyl (C=O) groups excluding carboxylic acids is 1. The predicted octanol–water partition coefficient (Wildman–Crippen LogP) is 2.25. The fraction of sp³-hybridized carbons (Fsp3) is 0.667. The zero-order valence-corrected chi connectivity index (χ0v) is 9.09. The Labute approximate surface area is 87.7 Å². The molecule has 0 fully saturated rings. The minimum atomic E-state index is 0.803. The lowest BCUT2D eigenvalue weighted by Crippen LogP contribution is -2.16. The van der Waals surface area contributed by atoms with E-state index in [0.717, 1.165) is 45.1 Å². The summed E-state index contributed by atoms with van der Waals surface area (Å²) in [6, 6.07) is 0. The Kier molecular flexibility index (Phi) is 9.41. The predicted molar refractivity (Wildman–Crippen MR) is 59.5 cm³/mol. The Morgan fingerprint density at radius 2 is 1.86 bits per heavy atom. The van der Waals surface area contributed by atoms with Crippen LogP contribution in [0.4, 0.5) is 0 Å². The number of nitrogens with zero attached hydrogens (tertiary/aromatic N) is 1. The highest BCUT2D eigenvalue weighted by molar-refractivity contribution is 5.46. The molecule has 2 heteroatoms. The second-order valence-electron chi connectivity index (χ2n) is 3.35. The molecule has 79 valence electrons. The van der Waals surface area contributed by atoms with Crippen LogP contribution < -0.4 is 0 Å². The summed E-state index contributed by atoms with van der Waals surface area (Å²) in [6.07, 6.45) is 7.03. The second kappa shape index (κ2) is 10.1. The molecule has 0 spiro atoms. The van der Waals surface area contributed by atoms with Crippen LogP contribution in [0.15, 0.2) is 0 Å². The average Bonchev–Trinajstić information content (AvgIpc) is 2.21. The molecule has 0 saturated heterocycles. The van der Waals surface area contributed by atoms with Gasteiger partial charge in [-0.3, -0.25) is 4.79 Å². The molecule has 0 aromatic heterocycles. The standard InChI is InChI=1S/C12H20NO/c1-3-4-5-6-7-8-9-10-11-13(2)12-14/h12H,1,3-6,9-11H2,2H3. The Morgan fingerprint density at radius 3 is 2.43 bits per heavy atom. The first-order valence-corrected chi connectivity index (χ1v) is 5.21. The fourth-order valence-electron chi connectivity index (χ4n) is 1.04.